The molecule has 0 bridgehead atoms. The molecule has 0 saturated carbocycles. The van der Waals surface area contributed by atoms with Crippen molar-refractivity contribution in [2.45, 2.75) is 19.8 Å². The Hall–Kier alpha value is -2.44. The van der Waals surface area contributed by atoms with Gasteiger partial charge in [-0.15, -0.1) is 0 Å². The lowest BCUT2D eigenvalue weighted by molar-refractivity contribution is -0.384. The second kappa shape index (κ2) is 5.05. The van der Waals surface area contributed by atoms with E-state index in [1.807, 2.05) is 6.92 Å². The predicted octanol–water partition coefficient (Wildman–Crippen LogP) is 2.92. The van der Waals surface area contributed by atoms with Gasteiger partial charge in [-0.3, -0.25) is 10.1 Å². The van der Waals surface area contributed by atoms with Gasteiger partial charge in [0, 0.05) is 11.6 Å². The van der Waals surface area contributed by atoms with Gasteiger partial charge in [0.1, 0.15) is 11.4 Å². The van der Waals surface area contributed by atoms with Gasteiger partial charge >= 0.3 is 0 Å². The number of hydrogen-bond acceptors (Lipinski definition) is 5. The fraction of sp³-hybridized carbons (Fsp3) is 0.250. The van der Waals surface area contributed by atoms with E-state index < -0.39 is 10.7 Å². The van der Waals surface area contributed by atoms with Crippen molar-refractivity contribution >= 4 is 11.5 Å². The van der Waals surface area contributed by atoms with Gasteiger partial charge in [-0.2, -0.15) is 0 Å². The van der Waals surface area contributed by atoms with Gasteiger partial charge in [-0.1, -0.05) is 18.5 Å². The maximum absolute atomic E-state index is 13.3. The Labute approximate surface area is 108 Å². The molecule has 0 aliphatic carbocycles. The number of benzene rings is 1. The standard InChI is InChI=1S/C12H12FN3O3/c1-2-3-8-11(19-15-12(8)14)9-6-7(13)4-5-10(9)16(17)18/h4-6H,2-3H2,1H3,(H2,14,15). The molecule has 100 valence electrons. The highest BCUT2D eigenvalue weighted by atomic mass is 19.1. The summed E-state index contributed by atoms with van der Waals surface area (Å²) in [6, 6.07) is 3.18. The van der Waals surface area contributed by atoms with Crippen LogP contribution >= 0.6 is 0 Å². The highest BCUT2D eigenvalue weighted by Gasteiger charge is 2.23. The molecule has 6 nitrogen and oxygen atoms in total. The van der Waals surface area contributed by atoms with Crippen molar-refractivity contribution in [2.75, 3.05) is 5.73 Å². The number of rotatable bonds is 4. The zero-order chi connectivity index (χ0) is 14.0. The summed E-state index contributed by atoms with van der Waals surface area (Å²) in [6.07, 6.45) is 1.32. The first-order valence-electron chi connectivity index (χ1n) is 5.73. The topological polar surface area (TPSA) is 95.2 Å². The van der Waals surface area contributed by atoms with E-state index in [-0.39, 0.29) is 22.8 Å². The van der Waals surface area contributed by atoms with Gasteiger partial charge in [0.05, 0.1) is 4.92 Å². The fourth-order valence-electron chi connectivity index (χ4n) is 1.87. The normalized spacial score (nSPS) is 10.6. The van der Waals surface area contributed by atoms with Crippen molar-refractivity contribution in [3.05, 3.63) is 39.7 Å². The third-order valence-corrected chi connectivity index (χ3v) is 2.72. The van der Waals surface area contributed by atoms with Crippen molar-refractivity contribution in [3.8, 4) is 11.3 Å². The largest absolute Gasteiger partial charge is 0.381 e. The van der Waals surface area contributed by atoms with Crippen LogP contribution in [0.15, 0.2) is 22.7 Å². The molecule has 0 fully saturated rings. The summed E-state index contributed by atoms with van der Waals surface area (Å²) in [4.78, 5) is 10.4. The summed E-state index contributed by atoms with van der Waals surface area (Å²) in [6.45, 7) is 1.93. The molecule has 2 aromatic rings. The van der Waals surface area contributed by atoms with Crippen LogP contribution in [0.25, 0.3) is 11.3 Å². The lowest BCUT2D eigenvalue weighted by Crippen LogP contribution is -1.96. The number of hydrogen-bond donors (Lipinski definition) is 1. The second-order valence-corrected chi connectivity index (χ2v) is 4.04. The molecule has 0 saturated heterocycles. The average molecular weight is 265 g/mol. The van der Waals surface area contributed by atoms with Crippen LogP contribution in [0.5, 0.6) is 0 Å². The van der Waals surface area contributed by atoms with Crippen LogP contribution in [0, 0.1) is 15.9 Å². The molecule has 7 heteroatoms. The van der Waals surface area contributed by atoms with Crippen molar-refractivity contribution in [1.82, 2.24) is 5.16 Å². The van der Waals surface area contributed by atoms with Crippen LogP contribution in [0.1, 0.15) is 18.9 Å². The monoisotopic (exact) mass is 265 g/mol. The average Bonchev–Trinajstić information content (AvgIpc) is 2.71. The Morgan fingerprint density at radius 1 is 1.53 bits per heavy atom. The predicted molar refractivity (Wildman–Crippen MR) is 67.0 cm³/mol. The maximum Gasteiger partial charge on any atom is 0.280 e. The van der Waals surface area contributed by atoms with Gasteiger partial charge in [0.2, 0.25) is 0 Å². The van der Waals surface area contributed by atoms with E-state index >= 15 is 0 Å². The van der Waals surface area contributed by atoms with Crippen LogP contribution in [0.2, 0.25) is 0 Å². The molecule has 0 unspecified atom stereocenters. The van der Waals surface area contributed by atoms with E-state index in [1.165, 1.54) is 0 Å². The molecule has 0 aliphatic heterocycles. The Morgan fingerprint density at radius 3 is 2.89 bits per heavy atom. The van der Waals surface area contributed by atoms with E-state index in [0.717, 1.165) is 24.6 Å². The molecule has 1 aromatic heterocycles. The SMILES string of the molecule is CCCc1c(N)noc1-c1cc(F)ccc1[N+](=O)[O-]. The summed E-state index contributed by atoms with van der Waals surface area (Å²) in [5.74, 6) is -0.251. The molecule has 2 rings (SSSR count). The Balaban J connectivity index is 2.64. The number of nitro benzene ring substituents is 1. The first kappa shape index (κ1) is 13.0. The Kier molecular flexibility index (Phi) is 3.46. The number of nitrogen functional groups attached to an aromatic ring is 1. The first-order chi connectivity index (χ1) is 9.04. The molecule has 0 amide bonds. The van der Waals surface area contributed by atoms with E-state index in [9.17, 15) is 14.5 Å². The van der Waals surface area contributed by atoms with Crippen LogP contribution in [0.4, 0.5) is 15.9 Å². The molecule has 0 spiro atoms. The fourth-order valence-corrected chi connectivity index (χ4v) is 1.87. The van der Waals surface area contributed by atoms with E-state index in [2.05, 4.69) is 5.16 Å². The van der Waals surface area contributed by atoms with Crippen molar-refractivity contribution in [3.63, 3.8) is 0 Å². The minimum atomic E-state index is -0.594. The number of nitrogens with zero attached hydrogens (tertiary/aromatic N) is 2. The molecule has 2 N–H and O–H groups in total. The molecule has 0 atom stereocenters. The number of aromatic nitrogens is 1. The van der Waals surface area contributed by atoms with Gasteiger partial charge in [0.15, 0.2) is 11.6 Å². The summed E-state index contributed by atoms with van der Waals surface area (Å²) >= 11 is 0. The number of anilines is 1. The zero-order valence-corrected chi connectivity index (χ0v) is 10.2. The molecular formula is C12H12FN3O3. The third-order valence-electron chi connectivity index (χ3n) is 2.72. The number of halogens is 1. The number of nitro groups is 1. The van der Waals surface area contributed by atoms with Crippen molar-refractivity contribution in [2.24, 2.45) is 0 Å². The van der Waals surface area contributed by atoms with Gasteiger partial charge in [-0.05, 0) is 18.6 Å². The molecule has 0 radical (unpaired) electrons. The molecule has 1 aromatic carbocycles. The van der Waals surface area contributed by atoms with E-state index in [0.29, 0.717) is 12.0 Å². The third kappa shape index (κ3) is 2.40. The van der Waals surface area contributed by atoms with Crippen LogP contribution in [-0.4, -0.2) is 10.1 Å². The smallest absolute Gasteiger partial charge is 0.280 e. The first-order valence-corrected chi connectivity index (χ1v) is 5.73. The van der Waals surface area contributed by atoms with E-state index in [1.54, 1.807) is 0 Å². The number of nitrogens with two attached hydrogens (primary N) is 1. The second-order valence-electron chi connectivity index (χ2n) is 4.04. The van der Waals surface area contributed by atoms with Gasteiger partial charge in [0.25, 0.3) is 5.69 Å². The van der Waals surface area contributed by atoms with Crippen LogP contribution < -0.4 is 5.73 Å². The minimum absolute atomic E-state index is 0.0534. The summed E-state index contributed by atoms with van der Waals surface area (Å²) in [5, 5.41) is 14.6. The highest BCUT2D eigenvalue weighted by Crippen LogP contribution is 2.35. The molecule has 19 heavy (non-hydrogen) atoms. The van der Waals surface area contributed by atoms with Gasteiger partial charge in [-0.25, -0.2) is 4.39 Å². The minimum Gasteiger partial charge on any atom is -0.381 e. The highest BCUT2D eigenvalue weighted by molar-refractivity contribution is 5.74. The lowest BCUT2D eigenvalue weighted by Gasteiger charge is -2.02. The molecule has 0 aliphatic rings. The van der Waals surface area contributed by atoms with Gasteiger partial charge < -0.3 is 10.3 Å². The quantitative estimate of drug-likeness (QED) is 0.677. The lowest BCUT2D eigenvalue weighted by atomic mass is 10.0. The van der Waals surface area contributed by atoms with E-state index in [4.69, 9.17) is 10.3 Å². The zero-order valence-electron chi connectivity index (χ0n) is 10.2. The molecular weight excluding hydrogens is 253 g/mol. The Bertz CT molecular complexity index is 625. The van der Waals surface area contributed by atoms with Crippen LogP contribution in [0.3, 0.4) is 0 Å². The summed E-state index contributed by atoms with van der Waals surface area (Å²) in [5.41, 5.74) is 6.04. The van der Waals surface area contributed by atoms with Crippen LogP contribution in [-0.2, 0) is 6.42 Å². The summed E-state index contributed by atoms with van der Waals surface area (Å²) in [7, 11) is 0. The van der Waals surface area contributed by atoms with Crippen molar-refractivity contribution in [1.29, 1.82) is 0 Å². The summed E-state index contributed by atoms with van der Waals surface area (Å²) < 4.78 is 18.3. The molecule has 1 heterocycles. The maximum atomic E-state index is 13.3. The Morgan fingerprint density at radius 2 is 2.26 bits per heavy atom. The van der Waals surface area contributed by atoms with Crippen molar-refractivity contribution < 1.29 is 13.8 Å².